The lowest BCUT2D eigenvalue weighted by Crippen LogP contribution is -2.02. The molecule has 0 aliphatic rings. The third kappa shape index (κ3) is 3.48. The summed E-state index contributed by atoms with van der Waals surface area (Å²) in [6.07, 6.45) is 0. The standard InChI is InChI=1S/C14H12BrNO4/c1-9(10-3-5-11(18-2)6-4-10)16-20-14(17)12-7-8-13(15)19-12/h3-8H,1-2H3/b16-9+. The van der Waals surface area contributed by atoms with Crippen LogP contribution in [0.5, 0.6) is 5.75 Å². The van der Waals surface area contributed by atoms with Crippen molar-refractivity contribution < 1.29 is 18.8 Å². The molecule has 1 aromatic heterocycles. The predicted molar refractivity (Wildman–Crippen MR) is 77.0 cm³/mol. The van der Waals surface area contributed by atoms with E-state index in [0.29, 0.717) is 10.4 Å². The summed E-state index contributed by atoms with van der Waals surface area (Å²) >= 11 is 3.11. The van der Waals surface area contributed by atoms with Gasteiger partial charge in [0.05, 0.1) is 12.8 Å². The summed E-state index contributed by atoms with van der Waals surface area (Å²) in [6, 6.07) is 10.4. The van der Waals surface area contributed by atoms with Crippen LogP contribution in [-0.4, -0.2) is 18.8 Å². The second kappa shape index (κ2) is 6.38. The number of rotatable bonds is 4. The number of carbonyl (C=O) groups is 1. The average molecular weight is 338 g/mol. The molecule has 0 aliphatic carbocycles. The first-order chi connectivity index (χ1) is 9.60. The Hall–Kier alpha value is -2.08. The minimum Gasteiger partial charge on any atom is -0.497 e. The maximum Gasteiger partial charge on any atom is 0.400 e. The van der Waals surface area contributed by atoms with Crippen LogP contribution < -0.4 is 4.74 Å². The molecule has 0 amide bonds. The van der Waals surface area contributed by atoms with Gasteiger partial charge in [0.25, 0.3) is 0 Å². The number of hydrogen-bond donors (Lipinski definition) is 0. The lowest BCUT2D eigenvalue weighted by Gasteiger charge is -2.02. The van der Waals surface area contributed by atoms with Crippen LogP contribution in [0.3, 0.4) is 0 Å². The van der Waals surface area contributed by atoms with E-state index in [0.717, 1.165) is 11.3 Å². The van der Waals surface area contributed by atoms with Crippen molar-refractivity contribution in [3.63, 3.8) is 0 Å². The second-order valence-corrected chi connectivity index (χ2v) is 4.67. The van der Waals surface area contributed by atoms with Gasteiger partial charge >= 0.3 is 5.97 Å². The van der Waals surface area contributed by atoms with Gasteiger partial charge in [0.15, 0.2) is 4.67 Å². The van der Waals surface area contributed by atoms with Gasteiger partial charge in [0.2, 0.25) is 5.76 Å². The Labute approximate surface area is 124 Å². The topological polar surface area (TPSA) is 61.0 Å². The molecule has 1 aromatic carbocycles. The molecule has 0 unspecified atom stereocenters. The number of benzene rings is 1. The molecule has 0 bridgehead atoms. The van der Waals surface area contributed by atoms with E-state index in [1.807, 2.05) is 12.1 Å². The zero-order valence-electron chi connectivity index (χ0n) is 10.9. The van der Waals surface area contributed by atoms with Gasteiger partial charge in [-0.1, -0.05) is 5.16 Å². The van der Waals surface area contributed by atoms with E-state index in [1.165, 1.54) is 6.07 Å². The molecule has 2 aromatic rings. The lowest BCUT2D eigenvalue weighted by molar-refractivity contribution is 0.0478. The molecule has 5 nitrogen and oxygen atoms in total. The van der Waals surface area contributed by atoms with Crippen LogP contribution in [0.15, 0.2) is 50.6 Å². The number of ether oxygens (including phenoxy) is 1. The number of carbonyl (C=O) groups excluding carboxylic acids is 1. The Morgan fingerprint density at radius 3 is 2.45 bits per heavy atom. The Balaban J connectivity index is 2.04. The van der Waals surface area contributed by atoms with Gasteiger partial charge in [0.1, 0.15) is 5.75 Å². The van der Waals surface area contributed by atoms with E-state index in [1.54, 1.807) is 32.2 Å². The fourth-order valence-electron chi connectivity index (χ4n) is 1.46. The molecule has 2 rings (SSSR count). The largest absolute Gasteiger partial charge is 0.497 e. The van der Waals surface area contributed by atoms with Crippen molar-refractivity contribution in [2.45, 2.75) is 6.92 Å². The minimum absolute atomic E-state index is 0.0863. The molecule has 1 heterocycles. The molecule has 0 fully saturated rings. The van der Waals surface area contributed by atoms with E-state index in [4.69, 9.17) is 14.0 Å². The monoisotopic (exact) mass is 337 g/mol. The Morgan fingerprint density at radius 2 is 1.90 bits per heavy atom. The maximum atomic E-state index is 11.6. The summed E-state index contributed by atoms with van der Waals surface area (Å²) in [5, 5.41) is 3.79. The van der Waals surface area contributed by atoms with E-state index in [-0.39, 0.29) is 5.76 Å². The number of furan rings is 1. The Bertz CT molecular complexity index is 631. The number of oxime groups is 1. The molecule has 0 saturated heterocycles. The Kier molecular flexibility index (Phi) is 4.57. The van der Waals surface area contributed by atoms with Crippen LogP contribution in [0.4, 0.5) is 0 Å². The van der Waals surface area contributed by atoms with Gasteiger partial charge in [-0.3, -0.25) is 0 Å². The van der Waals surface area contributed by atoms with Crippen molar-refractivity contribution in [2.24, 2.45) is 5.16 Å². The zero-order valence-corrected chi connectivity index (χ0v) is 12.5. The van der Waals surface area contributed by atoms with Gasteiger partial charge < -0.3 is 14.0 Å². The van der Waals surface area contributed by atoms with Crippen LogP contribution in [-0.2, 0) is 4.84 Å². The van der Waals surface area contributed by atoms with Gasteiger partial charge in [-0.25, -0.2) is 4.79 Å². The van der Waals surface area contributed by atoms with Crippen LogP contribution in [0.25, 0.3) is 0 Å². The van der Waals surface area contributed by atoms with Crippen LogP contribution in [0.2, 0.25) is 0 Å². The highest BCUT2D eigenvalue weighted by Gasteiger charge is 2.12. The highest BCUT2D eigenvalue weighted by Crippen LogP contribution is 2.15. The van der Waals surface area contributed by atoms with Crippen molar-refractivity contribution in [3.05, 3.63) is 52.4 Å². The van der Waals surface area contributed by atoms with Gasteiger partial charge in [-0.15, -0.1) is 0 Å². The number of nitrogens with zero attached hydrogens (tertiary/aromatic N) is 1. The molecule has 0 spiro atoms. The Morgan fingerprint density at radius 1 is 1.20 bits per heavy atom. The molecular weight excluding hydrogens is 326 g/mol. The number of methoxy groups -OCH3 is 1. The normalized spacial score (nSPS) is 11.2. The molecular formula is C14H12BrNO4. The summed E-state index contributed by atoms with van der Waals surface area (Å²) in [7, 11) is 1.60. The first-order valence-corrected chi connectivity index (χ1v) is 6.55. The first-order valence-electron chi connectivity index (χ1n) is 5.76. The van der Waals surface area contributed by atoms with Crippen molar-refractivity contribution in [2.75, 3.05) is 7.11 Å². The van der Waals surface area contributed by atoms with Crippen LogP contribution in [0.1, 0.15) is 23.0 Å². The summed E-state index contributed by atoms with van der Waals surface area (Å²) in [5.74, 6) is 0.186. The number of hydrogen-bond acceptors (Lipinski definition) is 5. The fraction of sp³-hybridized carbons (Fsp3) is 0.143. The zero-order chi connectivity index (χ0) is 14.5. The molecule has 6 heteroatoms. The maximum absolute atomic E-state index is 11.6. The van der Waals surface area contributed by atoms with E-state index < -0.39 is 5.97 Å². The molecule has 0 radical (unpaired) electrons. The smallest absolute Gasteiger partial charge is 0.400 e. The number of halogens is 1. The molecule has 0 saturated carbocycles. The molecule has 0 atom stereocenters. The molecule has 0 aliphatic heterocycles. The first kappa shape index (κ1) is 14.3. The molecule has 104 valence electrons. The predicted octanol–water partition coefficient (Wildman–Crippen LogP) is 3.63. The van der Waals surface area contributed by atoms with Gasteiger partial charge in [0, 0.05) is 0 Å². The lowest BCUT2D eigenvalue weighted by atomic mass is 10.1. The fourth-order valence-corrected chi connectivity index (χ4v) is 1.77. The van der Waals surface area contributed by atoms with Crippen molar-refractivity contribution >= 4 is 27.6 Å². The summed E-state index contributed by atoms with van der Waals surface area (Å²) < 4.78 is 10.6. The summed E-state index contributed by atoms with van der Waals surface area (Å²) in [5.41, 5.74) is 1.41. The van der Waals surface area contributed by atoms with E-state index in [2.05, 4.69) is 21.1 Å². The third-order valence-electron chi connectivity index (χ3n) is 2.55. The highest BCUT2D eigenvalue weighted by molar-refractivity contribution is 9.10. The summed E-state index contributed by atoms with van der Waals surface area (Å²) in [6.45, 7) is 1.74. The van der Waals surface area contributed by atoms with Crippen LogP contribution in [0, 0.1) is 0 Å². The van der Waals surface area contributed by atoms with Crippen LogP contribution >= 0.6 is 15.9 Å². The average Bonchev–Trinajstić information content (AvgIpc) is 2.91. The molecule has 0 N–H and O–H groups in total. The van der Waals surface area contributed by atoms with Crippen molar-refractivity contribution in [3.8, 4) is 5.75 Å². The molecule has 20 heavy (non-hydrogen) atoms. The van der Waals surface area contributed by atoms with Crippen molar-refractivity contribution in [1.29, 1.82) is 0 Å². The quantitative estimate of drug-likeness (QED) is 0.485. The minimum atomic E-state index is -0.649. The second-order valence-electron chi connectivity index (χ2n) is 3.89. The van der Waals surface area contributed by atoms with Gasteiger partial charge in [-0.05, 0) is 64.8 Å². The highest BCUT2D eigenvalue weighted by atomic mass is 79.9. The van der Waals surface area contributed by atoms with E-state index >= 15 is 0 Å². The van der Waals surface area contributed by atoms with E-state index in [9.17, 15) is 4.79 Å². The van der Waals surface area contributed by atoms with Crippen molar-refractivity contribution in [1.82, 2.24) is 0 Å². The third-order valence-corrected chi connectivity index (χ3v) is 2.97. The van der Waals surface area contributed by atoms with Gasteiger partial charge in [-0.2, -0.15) is 0 Å². The summed E-state index contributed by atoms with van der Waals surface area (Å²) in [4.78, 5) is 16.4. The SMILES string of the molecule is COc1ccc(/C(C)=N/OC(=O)c2ccc(Br)o2)cc1.